The lowest BCUT2D eigenvalue weighted by atomic mass is 10.00. The Morgan fingerprint density at radius 2 is 2.20 bits per heavy atom. The molecule has 2 heterocycles. The summed E-state index contributed by atoms with van der Waals surface area (Å²) in [4.78, 5) is 2.61. The van der Waals surface area contributed by atoms with Crippen LogP contribution in [0.3, 0.4) is 0 Å². The number of nitrogens with one attached hydrogen (secondary N) is 1. The first-order chi connectivity index (χ1) is 7.45. The van der Waals surface area contributed by atoms with Crippen LogP contribution >= 0.6 is 0 Å². The summed E-state index contributed by atoms with van der Waals surface area (Å²) in [5.74, 6) is 0. The largest absolute Gasteiger partial charge is 0.367 e. The molecule has 0 aromatic heterocycles. The molecule has 0 bridgehead atoms. The van der Waals surface area contributed by atoms with Gasteiger partial charge in [-0.2, -0.15) is 0 Å². The van der Waals surface area contributed by atoms with Crippen molar-refractivity contribution < 1.29 is 0 Å². The lowest BCUT2D eigenvalue weighted by Crippen LogP contribution is -2.40. The van der Waals surface area contributed by atoms with E-state index < -0.39 is 0 Å². The molecule has 1 aromatic rings. The number of hydrogen-bond acceptors (Lipinski definition) is 2. The molecular formula is C13H18N2. The van der Waals surface area contributed by atoms with Gasteiger partial charge < -0.3 is 10.2 Å². The summed E-state index contributed by atoms with van der Waals surface area (Å²) < 4.78 is 0. The normalized spacial score (nSPS) is 25.3. The van der Waals surface area contributed by atoms with E-state index in [1.807, 2.05) is 0 Å². The third kappa shape index (κ3) is 1.63. The molecule has 1 saturated heterocycles. The molecule has 1 N–H and O–H groups in total. The van der Waals surface area contributed by atoms with Gasteiger partial charge in [-0.05, 0) is 37.4 Å². The van der Waals surface area contributed by atoms with Gasteiger partial charge in [0.15, 0.2) is 0 Å². The predicted octanol–water partition coefficient (Wildman–Crippen LogP) is 1.80. The lowest BCUT2D eigenvalue weighted by Gasteiger charge is -2.35. The fourth-order valence-electron chi connectivity index (χ4n) is 2.85. The molecule has 0 aliphatic carbocycles. The highest BCUT2D eigenvalue weighted by molar-refractivity contribution is 5.56. The van der Waals surface area contributed by atoms with Gasteiger partial charge in [-0.25, -0.2) is 0 Å². The highest BCUT2D eigenvalue weighted by Crippen LogP contribution is 2.29. The molecule has 3 rings (SSSR count). The molecule has 2 aliphatic heterocycles. The third-order valence-electron chi connectivity index (χ3n) is 3.62. The molecule has 0 spiro atoms. The van der Waals surface area contributed by atoms with Crippen LogP contribution in [0.25, 0.3) is 0 Å². The second-order valence-electron chi connectivity index (χ2n) is 4.57. The Morgan fingerprint density at radius 3 is 3.07 bits per heavy atom. The summed E-state index contributed by atoms with van der Waals surface area (Å²) in [6.07, 6.45) is 3.87. The number of para-hydroxylation sites is 1. The minimum atomic E-state index is 0.728. The standard InChI is InChI=1S/C13H18N2/c1-2-6-13-11(4-1)5-3-9-15(13)12-7-8-14-10-12/h1-2,4,6,12,14H,3,5,7-10H2. The molecule has 80 valence electrons. The highest BCUT2D eigenvalue weighted by Gasteiger charge is 2.25. The van der Waals surface area contributed by atoms with Crippen LogP contribution in [-0.2, 0) is 6.42 Å². The van der Waals surface area contributed by atoms with Crippen molar-refractivity contribution >= 4 is 5.69 Å². The van der Waals surface area contributed by atoms with Crippen LogP contribution in [0.4, 0.5) is 5.69 Å². The van der Waals surface area contributed by atoms with Gasteiger partial charge in [-0.1, -0.05) is 18.2 Å². The van der Waals surface area contributed by atoms with Gasteiger partial charge in [-0.3, -0.25) is 0 Å². The second kappa shape index (κ2) is 3.86. The SMILES string of the molecule is c1ccc2c(c1)CCCN2C1CCNC1. The van der Waals surface area contributed by atoms with Crippen LogP contribution in [0.15, 0.2) is 24.3 Å². The second-order valence-corrected chi connectivity index (χ2v) is 4.57. The monoisotopic (exact) mass is 202 g/mol. The average Bonchev–Trinajstić information content (AvgIpc) is 2.82. The maximum absolute atomic E-state index is 3.46. The van der Waals surface area contributed by atoms with Crippen molar-refractivity contribution in [2.75, 3.05) is 24.5 Å². The molecule has 1 fully saturated rings. The van der Waals surface area contributed by atoms with Gasteiger partial charge in [0.1, 0.15) is 0 Å². The topological polar surface area (TPSA) is 15.3 Å². The number of nitrogens with zero attached hydrogens (tertiary/aromatic N) is 1. The van der Waals surface area contributed by atoms with E-state index >= 15 is 0 Å². The van der Waals surface area contributed by atoms with E-state index in [4.69, 9.17) is 0 Å². The maximum Gasteiger partial charge on any atom is 0.0426 e. The van der Waals surface area contributed by atoms with Crippen LogP contribution in [0.5, 0.6) is 0 Å². The molecule has 1 unspecified atom stereocenters. The van der Waals surface area contributed by atoms with Gasteiger partial charge in [0, 0.05) is 24.8 Å². The minimum Gasteiger partial charge on any atom is -0.367 e. The van der Waals surface area contributed by atoms with Crippen molar-refractivity contribution in [2.24, 2.45) is 0 Å². The van der Waals surface area contributed by atoms with Gasteiger partial charge in [0.2, 0.25) is 0 Å². The molecule has 0 amide bonds. The van der Waals surface area contributed by atoms with Crippen molar-refractivity contribution in [3.63, 3.8) is 0 Å². The van der Waals surface area contributed by atoms with E-state index in [0.29, 0.717) is 0 Å². The van der Waals surface area contributed by atoms with E-state index in [-0.39, 0.29) is 0 Å². The van der Waals surface area contributed by atoms with Crippen molar-refractivity contribution in [1.29, 1.82) is 0 Å². The van der Waals surface area contributed by atoms with Crippen LogP contribution in [0.1, 0.15) is 18.4 Å². The van der Waals surface area contributed by atoms with E-state index in [2.05, 4.69) is 34.5 Å². The molecule has 2 heteroatoms. The Morgan fingerprint density at radius 1 is 1.27 bits per heavy atom. The summed E-state index contributed by atoms with van der Waals surface area (Å²) >= 11 is 0. The smallest absolute Gasteiger partial charge is 0.0426 e. The Kier molecular flexibility index (Phi) is 2.37. The van der Waals surface area contributed by atoms with Crippen molar-refractivity contribution in [3.8, 4) is 0 Å². The quantitative estimate of drug-likeness (QED) is 0.747. The molecule has 0 saturated carbocycles. The van der Waals surface area contributed by atoms with Gasteiger partial charge in [-0.15, -0.1) is 0 Å². The van der Waals surface area contributed by atoms with Crippen LogP contribution in [-0.4, -0.2) is 25.7 Å². The van der Waals surface area contributed by atoms with E-state index in [9.17, 15) is 0 Å². The van der Waals surface area contributed by atoms with E-state index in [1.54, 1.807) is 0 Å². The van der Waals surface area contributed by atoms with Crippen LogP contribution in [0.2, 0.25) is 0 Å². The number of rotatable bonds is 1. The Balaban J connectivity index is 1.91. The first-order valence-corrected chi connectivity index (χ1v) is 6.00. The third-order valence-corrected chi connectivity index (χ3v) is 3.62. The Labute approximate surface area is 91.3 Å². The summed E-state index contributed by atoms with van der Waals surface area (Å²) in [6, 6.07) is 9.62. The zero-order chi connectivity index (χ0) is 10.1. The average molecular weight is 202 g/mol. The Bertz CT molecular complexity index is 342. The number of anilines is 1. The first-order valence-electron chi connectivity index (χ1n) is 6.00. The van der Waals surface area contributed by atoms with Gasteiger partial charge in [0.05, 0.1) is 0 Å². The zero-order valence-electron chi connectivity index (χ0n) is 9.08. The van der Waals surface area contributed by atoms with Gasteiger partial charge >= 0.3 is 0 Å². The number of benzene rings is 1. The summed E-state index contributed by atoms with van der Waals surface area (Å²) in [5.41, 5.74) is 3.02. The summed E-state index contributed by atoms with van der Waals surface area (Å²) in [6.45, 7) is 3.58. The fraction of sp³-hybridized carbons (Fsp3) is 0.538. The van der Waals surface area contributed by atoms with Crippen molar-refractivity contribution in [1.82, 2.24) is 5.32 Å². The van der Waals surface area contributed by atoms with Crippen LogP contribution in [0, 0.1) is 0 Å². The molecular weight excluding hydrogens is 184 g/mol. The highest BCUT2D eigenvalue weighted by atomic mass is 15.2. The molecule has 1 aromatic carbocycles. The molecule has 1 atom stereocenters. The Hall–Kier alpha value is -1.02. The van der Waals surface area contributed by atoms with Crippen LogP contribution < -0.4 is 10.2 Å². The molecule has 0 radical (unpaired) electrons. The summed E-state index contributed by atoms with van der Waals surface area (Å²) in [5, 5.41) is 3.46. The first kappa shape index (κ1) is 9.22. The van der Waals surface area contributed by atoms with E-state index in [0.717, 1.165) is 12.6 Å². The molecule has 2 aliphatic rings. The zero-order valence-corrected chi connectivity index (χ0v) is 9.08. The van der Waals surface area contributed by atoms with Crippen molar-refractivity contribution in [3.05, 3.63) is 29.8 Å². The van der Waals surface area contributed by atoms with E-state index in [1.165, 1.54) is 43.6 Å². The van der Waals surface area contributed by atoms with Crippen molar-refractivity contribution in [2.45, 2.75) is 25.3 Å². The predicted molar refractivity (Wildman–Crippen MR) is 63.4 cm³/mol. The maximum atomic E-state index is 3.46. The number of aryl methyl sites for hydroxylation is 1. The minimum absolute atomic E-state index is 0.728. The lowest BCUT2D eigenvalue weighted by molar-refractivity contribution is 0.592. The van der Waals surface area contributed by atoms with Gasteiger partial charge in [0.25, 0.3) is 0 Å². The summed E-state index contributed by atoms with van der Waals surface area (Å²) in [7, 11) is 0. The fourth-order valence-corrected chi connectivity index (χ4v) is 2.85. The molecule has 2 nitrogen and oxygen atoms in total. The molecule has 15 heavy (non-hydrogen) atoms. The number of hydrogen-bond donors (Lipinski definition) is 1. The number of fused-ring (bicyclic) bond motifs is 1.